The number of ether oxygens (including phenoxy) is 1. The molecule has 0 fully saturated rings. The van der Waals surface area contributed by atoms with Crippen molar-refractivity contribution in [3.05, 3.63) is 23.4 Å². The summed E-state index contributed by atoms with van der Waals surface area (Å²) in [5, 5.41) is 4.10. The van der Waals surface area contributed by atoms with Crippen molar-refractivity contribution in [2.75, 3.05) is 7.11 Å². The summed E-state index contributed by atoms with van der Waals surface area (Å²) in [4.78, 5) is 5.16. The van der Waals surface area contributed by atoms with E-state index in [0.29, 0.717) is 10.8 Å². The van der Waals surface area contributed by atoms with Gasteiger partial charge in [-0.3, -0.25) is 0 Å². The maximum atomic E-state index is 5.90. The predicted octanol–water partition coefficient (Wildman–Crippen LogP) is 3.07. The lowest BCUT2D eigenvalue weighted by atomic mass is 10.1. The Balaban J connectivity index is 4.52. The van der Waals surface area contributed by atoms with Crippen LogP contribution in [-0.2, 0) is 9.57 Å². The molecular formula is C10H16ClNO2. The fraction of sp³-hybridized carbons (Fsp3) is 0.500. The Bertz CT molecular complexity index is 257. The van der Waals surface area contributed by atoms with Gasteiger partial charge in [0.1, 0.15) is 5.76 Å². The van der Waals surface area contributed by atoms with Crippen molar-refractivity contribution < 1.29 is 9.57 Å². The third-order valence-electron chi connectivity index (χ3n) is 1.38. The summed E-state index contributed by atoms with van der Waals surface area (Å²) in [5.74, 6) is 0.406. The van der Waals surface area contributed by atoms with E-state index >= 15 is 0 Å². The number of nitrogens with zero attached hydrogens (tertiary/aromatic N) is 1. The monoisotopic (exact) mass is 217 g/mol. The summed E-state index contributed by atoms with van der Waals surface area (Å²) in [5.41, 5.74) is -0.578. The first-order valence-electron chi connectivity index (χ1n) is 4.20. The van der Waals surface area contributed by atoms with E-state index in [2.05, 4.69) is 11.7 Å². The van der Waals surface area contributed by atoms with Gasteiger partial charge in [0.25, 0.3) is 0 Å². The SMILES string of the molecule is C=C(OC)/C(Cl)=C\C(C)(C)O/N=C/C. The molecule has 0 spiro atoms. The number of halogens is 1. The van der Waals surface area contributed by atoms with Gasteiger partial charge in [0.05, 0.1) is 12.1 Å². The minimum Gasteiger partial charge on any atom is -0.496 e. The molecule has 0 N–H and O–H groups in total. The van der Waals surface area contributed by atoms with Crippen LogP contribution in [0.2, 0.25) is 0 Å². The van der Waals surface area contributed by atoms with Gasteiger partial charge in [-0.1, -0.05) is 23.3 Å². The van der Waals surface area contributed by atoms with Crippen molar-refractivity contribution in [2.24, 2.45) is 5.16 Å². The highest BCUT2D eigenvalue weighted by atomic mass is 35.5. The van der Waals surface area contributed by atoms with Crippen LogP contribution >= 0.6 is 11.6 Å². The molecule has 0 saturated carbocycles. The van der Waals surface area contributed by atoms with Crippen LogP contribution in [0.4, 0.5) is 0 Å². The lowest BCUT2D eigenvalue weighted by Crippen LogP contribution is -2.19. The summed E-state index contributed by atoms with van der Waals surface area (Å²) in [7, 11) is 1.51. The van der Waals surface area contributed by atoms with Gasteiger partial charge in [-0.25, -0.2) is 0 Å². The summed E-state index contributed by atoms with van der Waals surface area (Å²) >= 11 is 5.90. The number of oxime groups is 1. The van der Waals surface area contributed by atoms with E-state index in [1.165, 1.54) is 7.11 Å². The normalized spacial score (nSPS) is 13.1. The Labute approximate surface area is 90.0 Å². The Morgan fingerprint density at radius 3 is 2.50 bits per heavy atom. The molecule has 0 aliphatic carbocycles. The van der Waals surface area contributed by atoms with Crippen molar-refractivity contribution >= 4 is 17.8 Å². The zero-order valence-corrected chi connectivity index (χ0v) is 9.76. The molecule has 3 nitrogen and oxygen atoms in total. The summed E-state index contributed by atoms with van der Waals surface area (Å²) in [6.45, 7) is 9.07. The van der Waals surface area contributed by atoms with Crippen LogP contribution in [0.15, 0.2) is 28.6 Å². The molecule has 0 saturated heterocycles. The van der Waals surface area contributed by atoms with Crippen LogP contribution in [-0.4, -0.2) is 18.9 Å². The highest BCUT2D eigenvalue weighted by Gasteiger charge is 2.17. The number of allylic oxidation sites excluding steroid dienone is 1. The Hall–Kier alpha value is -0.960. The minimum absolute atomic E-state index is 0.406. The van der Waals surface area contributed by atoms with Crippen LogP contribution in [0.1, 0.15) is 20.8 Å². The molecule has 0 heterocycles. The molecule has 0 aromatic rings. The zero-order chi connectivity index (χ0) is 11.2. The van der Waals surface area contributed by atoms with Crippen LogP contribution in [0, 0.1) is 0 Å². The third-order valence-corrected chi connectivity index (χ3v) is 1.70. The number of methoxy groups -OCH3 is 1. The minimum atomic E-state index is -0.578. The second-order valence-corrected chi connectivity index (χ2v) is 3.59. The van der Waals surface area contributed by atoms with Gasteiger partial charge in [0.15, 0.2) is 5.60 Å². The van der Waals surface area contributed by atoms with E-state index in [-0.39, 0.29) is 0 Å². The van der Waals surface area contributed by atoms with E-state index in [4.69, 9.17) is 21.2 Å². The van der Waals surface area contributed by atoms with Gasteiger partial charge in [-0.2, -0.15) is 0 Å². The first-order chi connectivity index (χ1) is 6.43. The molecule has 0 aromatic carbocycles. The Kier molecular flexibility index (Phi) is 5.31. The van der Waals surface area contributed by atoms with Crippen molar-refractivity contribution in [2.45, 2.75) is 26.4 Å². The second-order valence-electron chi connectivity index (χ2n) is 3.18. The summed E-state index contributed by atoms with van der Waals surface area (Å²) < 4.78 is 4.87. The molecule has 0 radical (unpaired) electrons. The van der Waals surface area contributed by atoms with Crippen LogP contribution in [0.5, 0.6) is 0 Å². The van der Waals surface area contributed by atoms with Gasteiger partial charge < -0.3 is 9.57 Å². The number of hydrogen-bond donors (Lipinski definition) is 0. The third kappa shape index (κ3) is 4.92. The van der Waals surface area contributed by atoms with Crippen LogP contribution in [0.3, 0.4) is 0 Å². The standard InChI is InChI=1S/C10H16ClNO2/c1-6-12-14-10(3,4)7-9(11)8(2)13-5/h6-7H,2H2,1,3-5H3/b9-7+,12-6+. The van der Waals surface area contributed by atoms with Crippen LogP contribution in [0.25, 0.3) is 0 Å². The molecule has 0 amide bonds. The molecule has 80 valence electrons. The molecule has 4 heteroatoms. The fourth-order valence-electron chi connectivity index (χ4n) is 0.698. The summed E-state index contributed by atoms with van der Waals surface area (Å²) in [6, 6.07) is 0. The number of rotatable bonds is 5. The van der Waals surface area contributed by atoms with E-state index in [0.717, 1.165) is 0 Å². The average Bonchev–Trinajstić information content (AvgIpc) is 2.12. The molecule has 0 aliphatic heterocycles. The molecule has 0 aliphatic rings. The van der Waals surface area contributed by atoms with Crippen molar-refractivity contribution in [3.8, 4) is 0 Å². The topological polar surface area (TPSA) is 30.8 Å². The molecule has 0 unspecified atom stereocenters. The first kappa shape index (κ1) is 13.0. The highest BCUT2D eigenvalue weighted by molar-refractivity contribution is 6.31. The van der Waals surface area contributed by atoms with E-state index < -0.39 is 5.60 Å². The average molecular weight is 218 g/mol. The lowest BCUT2D eigenvalue weighted by molar-refractivity contribution is 0.0247. The maximum absolute atomic E-state index is 5.90. The molecule has 0 aromatic heterocycles. The van der Waals surface area contributed by atoms with Gasteiger partial charge in [0, 0.05) is 6.21 Å². The second kappa shape index (κ2) is 5.70. The van der Waals surface area contributed by atoms with Gasteiger partial charge in [0.2, 0.25) is 0 Å². The Morgan fingerprint density at radius 1 is 1.50 bits per heavy atom. The van der Waals surface area contributed by atoms with Gasteiger partial charge in [-0.05, 0) is 26.8 Å². The molecule has 0 bridgehead atoms. The van der Waals surface area contributed by atoms with E-state index in [1.54, 1.807) is 19.2 Å². The van der Waals surface area contributed by atoms with Crippen LogP contribution < -0.4 is 0 Å². The van der Waals surface area contributed by atoms with E-state index in [9.17, 15) is 0 Å². The lowest BCUT2D eigenvalue weighted by Gasteiger charge is -2.18. The Morgan fingerprint density at radius 2 is 2.07 bits per heavy atom. The smallest absolute Gasteiger partial charge is 0.152 e. The van der Waals surface area contributed by atoms with Gasteiger partial charge in [-0.15, -0.1) is 0 Å². The van der Waals surface area contributed by atoms with E-state index in [1.807, 2.05) is 13.8 Å². The molecule has 0 rings (SSSR count). The summed E-state index contributed by atoms with van der Waals surface area (Å²) in [6.07, 6.45) is 3.25. The quantitative estimate of drug-likeness (QED) is 0.307. The zero-order valence-electron chi connectivity index (χ0n) is 9.00. The first-order valence-corrected chi connectivity index (χ1v) is 4.58. The predicted molar refractivity (Wildman–Crippen MR) is 59.4 cm³/mol. The largest absolute Gasteiger partial charge is 0.496 e. The molecular weight excluding hydrogens is 202 g/mol. The maximum Gasteiger partial charge on any atom is 0.152 e. The fourth-order valence-corrected chi connectivity index (χ4v) is 1.04. The van der Waals surface area contributed by atoms with Crippen molar-refractivity contribution in [1.29, 1.82) is 0 Å². The molecule has 14 heavy (non-hydrogen) atoms. The number of hydrogen-bond acceptors (Lipinski definition) is 3. The highest BCUT2D eigenvalue weighted by Crippen LogP contribution is 2.21. The van der Waals surface area contributed by atoms with Gasteiger partial charge >= 0.3 is 0 Å². The van der Waals surface area contributed by atoms with Crippen molar-refractivity contribution in [3.63, 3.8) is 0 Å². The molecule has 0 atom stereocenters. The van der Waals surface area contributed by atoms with Crippen molar-refractivity contribution in [1.82, 2.24) is 0 Å².